The van der Waals surface area contributed by atoms with Gasteiger partial charge in [-0.25, -0.2) is 0 Å². The predicted octanol–water partition coefficient (Wildman–Crippen LogP) is 3.59. The van der Waals surface area contributed by atoms with E-state index in [1.165, 1.54) is 0 Å². The first-order valence-electron chi connectivity index (χ1n) is 6.45. The van der Waals surface area contributed by atoms with Gasteiger partial charge in [0.1, 0.15) is 17.2 Å². The van der Waals surface area contributed by atoms with E-state index in [0.29, 0.717) is 0 Å². The molecule has 4 nitrogen and oxygen atoms in total. The van der Waals surface area contributed by atoms with Crippen molar-refractivity contribution >= 4 is 17.4 Å². The van der Waals surface area contributed by atoms with Crippen LogP contribution in [-0.2, 0) is 5.75 Å². The topological polar surface area (TPSA) is 53.7 Å². The molecular weight excluding hydrogens is 286 g/mol. The van der Waals surface area contributed by atoms with Gasteiger partial charge in [0.15, 0.2) is 0 Å². The van der Waals surface area contributed by atoms with Crippen molar-refractivity contribution in [2.75, 3.05) is 27.1 Å². The molecule has 2 rings (SSSR count). The summed E-state index contributed by atoms with van der Waals surface area (Å²) in [5.74, 6) is 3.18. The average Bonchev–Trinajstić information content (AvgIpc) is 2.53. The molecular formula is C16H19NO3S. The molecule has 0 amide bonds. The molecule has 112 valence electrons. The van der Waals surface area contributed by atoms with Gasteiger partial charge < -0.3 is 19.9 Å². The Morgan fingerprint density at radius 2 is 1.57 bits per heavy atom. The predicted molar refractivity (Wildman–Crippen MR) is 86.5 cm³/mol. The van der Waals surface area contributed by atoms with Crippen LogP contribution in [-0.4, -0.2) is 21.3 Å². The molecule has 0 radical (unpaired) electrons. The number of nitrogens with two attached hydrogens (primary N) is 1. The van der Waals surface area contributed by atoms with E-state index < -0.39 is 0 Å². The number of thioether (sulfide) groups is 1. The lowest BCUT2D eigenvalue weighted by molar-refractivity contribution is 0.400. The molecule has 0 aliphatic rings. The van der Waals surface area contributed by atoms with Crippen molar-refractivity contribution in [2.45, 2.75) is 10.6 Å². The zero-order valence-corrected chi connectivity index (χ0v) is 13.2. The van der Waals surface area contributed by atoms with Crippen molar-refractivity contribution in [3.8, 4) is 17.2 Å². The van der Waals surface area contributed by atoms with Crippen LogP contribution in [0.2, 0.25) is 0 Å². The van der Waals surface area contributed by atoms with Crippen LogP contribution >= 0.6 is 11.8 Å². The fourth-order valence-corrected chi connectivity index (χ4v) is 2.89. The third-order valence-electron chi connectivity index (χ3n) is 3.09. The smallest absolute Gasteiger partial charge is 0.123 e. The molecule has 2 aromatic rings. The summed E-state index contributed by atoms with van der Waals surface area (Å²) in [6.45, 7) is 0. The van der Waals surface area contributed by atoms with Crippen LogP contribution < -0.4 is 19.9 Å². The molecule has 0 aromatic heterocycles. The number of methoxy groups -OCH3 is 3. The maximum atomic E-state index is 6.00. The summed E-state index contributed by atoms with van der Waals surface area (Å²) in [6, 6.07) is 11.4. The van der Waals surface area contributed by atoms with Crippen molar-refractivity contribution in [2.24, 2.45) is 0 Å². The first-order chi connectivity index (χ1) is 10.2. The van der Waals surface area contributed by atoms with E-state index in [1.54, 1.807) is 33.1 Å². The summed E-state index contributed by atoms with van der Waals surface area (Å²) in [6.07, 6.45) is 0. The van der Waals surface area contributed by atoms with Crippen LogP contribution in [0.3, 0.4) is 0 Å². The highest BCUT2D eigenvalue weighted by atomic mass is 32.2. The number of anilines is 1. The normalized spacial score (nSPS) is 10.2. The van der Waals surface area contributed by atoms with Gasteiger partial charge in [-0.05, 0) is 36.4 Å². The van der Waals surface area contributed by atoms with Crippen molar-refractivity contribution < 1.29 is 14.2 Å². The fourth-order valence-electron chi connectivity index (χ4n) is 1.92. The molecule has 0 saturated heterocycles. The number of benzene rings is 2. The molecule has 0 fully saturated rings. The summed E-state index contributed by atoms with van der Waals surface area (Å²) < 4.78 is 15.9. The van der Waals surface area contributed by atoms with Crippen LogP contribution in [0.5, 0.6) is 17.2 Å². The van der Waals surface area contributed by atoms with E-state index in [2.05, 4.69) is 0 Å². The number of rotatable bonds is 6. The highest BCUT2D eigenvalue weighted by Crippen LogP contribution is 2.34. The summed E-state index contributed by atoms with van der Waals surface area (Å²) in [7, 11) is 4.96. The number of hydrogen-bond acceptors (Lipinski definition) is 5. The zero-order chi connectivity index (χ0) is 15.2. The Hall–Kier alpha value is -2.01. The first kappa shape index (κ1) is 15.4. The maximum Gasteiger partial charge on any atom is 0.123 e. The monoisotopic (exact) mass is 305 g/mol. The van der Waals surface area contributed by atoms with Crippen LogP contribution in [0.25, 0.3) is 0 Å². The van der Waals surface area contributed by atoms with Gasteiger partial charge in [0, 0.05) is 21.9 Å². The molecule has 0 heterocycles. The van der Waals surface area contributed by atoms with Gasteiger partial charge in [0.05, 0.1) is 21.3 Å². The van der Waals surface area contributed by atoms with Gasteiger partial charge in [-0.15, -0.1) is 11.8 Å². The van der Waals surface area contributed by atoms with Gasteiger partial charge >= 0.3 is 0 Å². The quantitative estimate of drug-likeness (QED) is 0.653. The second-order valence-corrected chi connectivity index (χ2v) is 5.39. The Morgan fingerprint density at radius 1 is 0.905 bits per heavy atom. The summed E-state index contributed by atoms with van der Waals surface area (Å²) in [5.41, 5.74) is 7.80. The number of ether oxygens (including phenoxy) is 3. The third-order valence-corrected chi connectivity index (χ3v) is 4.21. The molecule has 0 spiro atoms. The van der Waals surface area contributed by atoms with Crippen LogP contribution in [0, 0.1) is 0 Å². The van der Waals surface area contributed by atoms with Crippen molar-refractivity contribution in [3.63, 3.8) is 0 Å². The minimum Gasteiger partial charge on any atom is -0.497 e. The Kier molecular flexibility index (Phi) is 5.22. The van der Waals surface area contributed by atoms with E-state index in [-0.39, 0.29) is 0 Å². The average molecular weight is 305 g/mol. The molecule has 0 atom stereocenters. The van der Waals surface area contributed by atoms with E-state index in [0.717, 1.165) is 39.1 Å². The standard InChI is InChI=1S/C16H19NO3S/c1-18-12-5-7-15(20-3)11(8-12)10-21-16-9-13(19-2)4-6-14(16)17/h4-9H,10,17H2,1-3H3. The molecule has 0 unspecified atom stereocenters. The SMILES string of the molecule is COc1ccc(OC)c(CSc2cc(OC)ccc2N)c1. The van der Waals surface area contributed by atoms with Gasteiger partial charge in [-0.1, -0.05) is 0 Å². The van der Waals surface area contributed by atoms with Gasteiger partial charge in [-0.2, -0.15) is 0 Å². The third kappa shape index (κ3) is 3.76. The Morgan fingerprint density at radius 3 is 2.24 bits per heavy atom. The van der Waals surface area contributed by atoms with E-state index in [4.69, 9.17) is 19.9 Å². The Balaban J connectivity index is 2.19. The number of hydrogen-bond donors (Lipinski definition) is 1. The van der Waals surface area contributed by atoms with Crippen molar-refractivity contribution in [1.82, 2.24) is 0 Å². The molecule has 2 N–H and O–H groups in total. The highest BCUT2D eigenvalue weighted by Gasteiger charge is 2.08. The Bertz CT molecular complexity index is 616. The van der Waals surface area contributed by atoms with Gasteiger partial charge in [0.25, 0.3) is 0 Å². The van der Waals surface area contributed by atoms with Gasteiger partial charge in [-0.3, -0.25) is 0 Å². The maximum absolute atomic E-state index is 6.00. The minimum atomic E-state index is 0.734. The Labute approximate surface area is 129 Å². The number of nitrogen functional groups attached to an aromatic ring is 1. The molecule has 21 heavy (non-hydrogen) atoms. The second kappa shape index (κ2) is 7.13. The van der Waals surface area contributed by atoms with E-state index in [9.17, 15) is 0 Å². The molecule has 0 saturated carbocycles. The van der Waals surface area contributed by atoms with Crippen LogP contribution in [0.15, 0.2) is 41.3 Å². The largest absolute Gasteiger partial charge is 0.497 e. The lowest BCUT2D eigenvalue weighted by atomic mass is 10.2. The summed E-state index contributed by atoms with van der Waals surface area (Å²) in [5, 5.41) is 0. The first-order valence-corrected chi connectivity index (χ1v) is 7.43. The molecule has 0 bridgehead atoms. The molecule has 2 aromatic carbocycles. The lowest BCUT2D eigenvalue weighted by Gasteiger charge is -2.12. The van der Waals surface area contributed by atoms with Crippen LogP contribution in [0.4, 0.5) is 5.69 Å². The fraction of sp³-hybridized carbons (Fsp3) is 0.250. The van der Waals surface area contributed by atoms with E-state index in [1.807, 2.05) is 36.4 Å². The molecule has 5 heteroatoms. The molecule has 0 aliphatic heterocycles. The summed E-state index contributed by atoms with van der Waals surface area (Å²) >= 11 is 1.64. The van der Waals surface area contributed by atoms with Gasteiger partial charge in [0.2, 0.25) is 0 Å². The van der Waals surface area contributed by atoms with E-state index >= 15 is 0 Å². The second-order valence-electron chi connectivity index (χ2n) is 4.37. The highest BCUT2D eigenvalue weighted by molar-refractivity contribution is 7.98. The zero-order valence-electron chi connectivity index (χ0n) is 12.4. The minimum absolute atomic E-state index is 0.734. The molecule has 0 aliphatic carbocycles. The lowest BCUT2D eigenvalue weighted by Crippen LogP contribution is -1.94. The van der Waals surface area contributed by atoms with Crippen LogP contribution in [0.1, 0.15) is 5.56 Å². The van der Waals surface area contributed by atoms with Crippen molar-refractivity contribution in [1.29, 1.82) is 0 Å². The van der Waals surface area contributed by atoms with Crippen molar-refractivity contribution in [3.05, 3.63) is 42.0 Å². The summed E-state index contributed by atoms with van der Waals surface area (Å²) in [4.78, 5) is 0.985.